The summed E-state index contributed by atoms with van der Waals surface area (Å²) in [4.78, 5) is 12.9. The average molecular weight is 320 g/mol. The molecule has 1 unspecified atom stereocenters. The van der Waals surface area contributed by atoms with Crippen LogP contribution in [0.2, 0.25) is 0 Å². The molecular weight excluding hydrogens is 302 g/mol. The van der Waals surface area contributed by atoms with E-state index in [0.717, 1.165) is 10.6 Å². The van der Waals surface area contributed by atoms with Crippen molar-refractivity contribution in [3.63, 3.8) is 0 Å². The molecule has 110 valence electrons. The van der Waals surface area contributed by atoms with Gasteiger partial charge in [0.05, 0.1) is 4.87 Å². The third-order valence-electron chi connectivity index (χ3n) is 2.90. The second-order valence-electron chi connectivity index (χ2n) is 5.23. The summed E-state index contributed by atoms with van der Waals surface area (Å²) in [6, 6.07) is 19.2. The molecule has 0 saturated carbocycles. The first-order valence-electron chi connectivity index (χ1n) is 6.73. The van der Waals surface area contributed by atoms with Gasteiger partial charge < -0.3 is 5.32 Å². The van der Waals surface area contributed by atoms with Crippen LogP contribution >= 0.6 is 23.4 Å². The molecule has 4 heteroatoms. The Hall–Kier alpha value is -1.45. The number of carbonyl (C=O) groups excluding carboxylic acids is 1. The van der Waals surface area contributed by atoms with Gasteiger partial charge in [0.2, 0.25) is 5.91 Å². The number of benzene rings is 2. The predicted molar refractivity (Wildman–Crippen MR) is 91.1 cm³/mol. The molecule has 0 aliphatic rings. The minimum atomic E-state index is -0.653. The number of rotatable bonds is 5. The number of halogens is 1. The van der Waals surface area contributed by atoms with Gasteiger partial charge in [-0.2, -0.15) is 0 Å². The van der Waals surface area contributed by atoms with Crippen LogP contribution in [0.3, 0.4) is 0 Å². The number of carbonyl (C=O) groups is 1. The molecule has 0 fully saturated rings. The number of hydrogen-bond acceptors (Lipinski definition) is 2. The molecule has 2 rings (SSSR count). The predicted octanol–water partition coefficient (Wildman–Crippen LogP) is 4.80. The minimum Gasteiger partial charge on any atom is -0.325 e. The van der Waals surface area contributed by atoms with Gasteiger partial charge in [0.1, 0.15) is 5.25 Å². The van der Waals surface area contributed by atoms with Crippen LogP contribution in [0.4, 0.5) is 5.69 Å². The molecule has 0 aliphatic heterocycles. The van der Waals surface area contributed by atoms with Crippen LogP contribution in [-0.4, -0.2) is 16.0 Å². The maximum absolute atomic E-state index is 12.5. The van der Waals surface area contributed by atoms with E-state index in [1.54, 1.807) is 0 Å². The van der Waals surface area contributed by atoms with Crippen LogP contribution in [0.15, 0.2) is 65.6 Å². The van der Waals surface area contributed by atoms with Gasteiger partial charge >= 0.3 is 0 Å². The molecular formula is C17H18ClNOS. The van der Waals surface area contributed by atoms with E-state index in [1.165, 1.54) is 11.8 Å². The largest absolute Gasteiger partial charge is 0.325 e. The Balaban J connectivity index is 2.15. The van der Waals surface area contributed by atoms with Crippen molar-refractivity contribution in [3.8, 4) is 0 Å². The normalized spacial score (nSPS) is 12.7. The summed E-state index contributed by atoms with van der Waals surface area (Å²) >= 11 is 7.91. The van der Waals surface area contributed by atoms with Gasteiger partial charge in [-0.05, 0) is 38.1 Å². The standard InChI is InChI=1S/C17H18ClNOS/c1-17(2,18)15(21-14-11-7-4-8-12-14)16(20)19-13-9-5-3-6-10-13/h3-12,15H,1-2H3,(H,19,20). The molecule has 0 aromatic heterocycles. The number of anilines is 1. The van der Waals surface area contributed by atoms with E-state index in [-0.39, 0.29) is 11.2 Å². The fourth-order valence-corrected chi connectivity index (χ4v) is 3.14. The number of thioether (sulfide) groups is 1. The highest BCUT2D eigenvalue weighted by atomic mass is 35.5. The molecule has 0 spiro atoms. The Bertz CT molecular complexity index is 581. The Morgan fingerprint density at radius 1 is 1.05 bits per heavy atom. The molecule has 1 amide bonds. The van der Waals surface area contributed by atoms with Gasteiger partial charge in [-0.15, -0.1) is 23.4 Å². The fraction of sp³-hybridized carbons (Fsp3) is 0.235. The molecule has 1 atom stereocenters. The summed E-state index contributed by atoms with van der Waals surface area (Å²) in [7, 11) is 0. The third-order valence-corrected chi connectivity index (χ3v) is 4.83. The number of hydrogen-bond donors (Lipinski definition) is 1. The summed E-state index contributed by atoms with van der Waals surface area (Å²) in [6.45, 7) is 3.72. The van der Waals surface area contributed by atoms with Crippen molar-refractivity contribution < 1.29 is 4.79 Å². The SMILES string of the molecule is CC(C)(Cl)C(Sc1ccccc1)C(=O)Nc1ccccc1. The van der Waals surface area contributed by atoms with Crippen LogP contribution < -0.4 is 5.32 Å². The summed E-state index contributed by atoms with van der Waals surface area (Å²) in [6.07, 6.45) is 0. The lowest BCUT2D eigenvalue weighted by molar-refractivity contribution is -0.116. The molecule has 0 saturated heterocycles. The molecule has 2 aromatic carbocycles. The van der Waals surface area contributed by atoms with Crippen LogP contribution in [0.5, 0.6) is 0 Å². The van der Waals surface area contributed by atoms with Gasteiger partial charge in [-0.1, -0.05) is 36.4 Å². The molecule has 21 heavy (non-hydrogen) atoms. The van der Waals surface area contributed by atoms with Crippen molar-refractivity contribution in [2.75, 3.05) is 5.32 Å². The molecule has 0 aliphatic carbocycles. The van der Waals surface area contributed by atoms with Crippen LogP contribution in [0.1, 0.15) is 13.8 Å². The first-order valence-corrected chi connectivity index (χ1v) is 7.99. The second kappa shape index (κ2) is 7.01. The number of nitrogens with one attached hydrogen (secondary N) is 1. The van der Waals surface area contributed by atoms with Crippen molar-refractivity contribution >= 4 is 35.0 Å². The van der Waals surface area contributed by atoms with E-state index in [1.807, 2.05) is 74.5 Å². The average Bonchev–Trinajstić information content (AvgIpc) is 2.45. The lowest BCUT2D eigenvalue weighted by Crippen LogP contribution is -2.38. The molecule has 1 N–H and O–H groups in total. The zero-order chi connectivity index (χ0) is 15.3. The molecule has 2 nitrogen and oxygen atoms in total. The second-order valence-corrected chi connectivity index (χ2v) is 7.38. The van der Waals surface area contributed by atoms with E-state index in [0.29, 0.717) is 0 Å². The fourth-order valence-electron chi connectivity index (χ4n) is 1.87. The van der Waals surface area contributed by atoms with Crippen molar-refractivity contribution in [2.45, 2.75) is 28.9 Å². The molecule has 2 aromatic rings. The van der Waals surface area contributed by atoms with Crippen molar-refractivity contribution in [2.24, 2.45) is 0 Å². The Morgan fingerprint density at radius 2 is 1.57 bits per heavy atom. The monoisotopic (exact) mass is 319 g/mol. The highest BCUT2D eigenvalue weighted by Crippen LogP contribution is 2.35. The topological polar surface area (TPSA) is 29.1 Å². The van der Waals surface area contributed by atoms with Crippen LogP contribution in [-0.2, 0) is 4.79 Å². The first-order chi connectivity index (χ1) is 9.97. The van der Waals surface area contributed by atoms with E-state index >= 15 is 0 Å². The van der Waals surface area contributed by atoms with Crippen molar-refractivity contribution in [3.05, 3.63) is 60.7 Å². The lowest BCUT2D eigenvalue weighted by atomic mass is 10.1. The molecule has 0 bridgehead atoms. The lowest BCUT2D eigenvalue weighted by Gasteiger charge is -2.27. The first kappa shape index (κ1) is 15.9. The Labute approximate surface area is 134 Å². The maximum Gasteiger partial charge on any atom is 0.239 e. The van der Waals surface area contributed by atoms with Gasteiger partial charge in [-0.25, -0.2) is 0 Å². The highest BCUT2D eigenvalue weighted by Gasteiger charge is 2.34. The summed E-state index contributed by atoms with van der Waals surface area (Å²) < 4.78 is 0. The van der Waals surface area contributed by atoms with E-state index in [9.17, 15) is 4.79 Å². The number of para-hydroxylation sites is 1. The molecule has 0 heterocycles. The molecule has 0 radical (unpaired) electrons. The van der Waals surface area contributed by atoms with Crippen LogP contribution in [0.25, 0.3) is 0 Å². The zero-order valence-electron chi connectivity index (χ0n) is 12.0. The Kier molecular flexibility index (Phi) is 5.32. The van der Waals surface area contributed by atoms with Gasteiger partial charge in [0, 0.05) is 10.6 Å². The van der Waals surface area contributed by atoms with E-state index in [2.05, 4.69) is 5.32 Å². The summed E-state index contributed by atoms with van der Waals surface area (Å²) in [5.74, 6) is -0.0879. The van der Waals surface area contributed by atoms with Crippen molar-refractivity contribution in [1.29, 1.82) is 0 Å². The van der Waals surface area contributed by atoms with Crippen LogP contribution in [0, 0.1) is 0 Å². The quantitative estimate of drug-likeness (QED) is 0.633. The number of amides is 1. The smallest absolute Gasteiger partial charge is 0.239 e. The van der Waals surface area contributed by atoms with Gasteiger partial charge in [-0.3, -0.25) is 4.79 Å². The Morgan fingerprint density at radius 3 is 2.10 bits per heavy atom. The van der Waals surface area contributed by atoms with Gasteiger partial charge in [0.25, 0.3) is 0 Å². The minimum absolute atomic E-state index is 0.0879. The summed E-state index contributed by atoms with van der Waals surface area (Å²) in [5.41, 5.74) is 0.780. The third kappa shape index (κ3) is 4.80. The zero-order valence-corrected chi connectivity index (χ0v) is 13.6. The number of alkyl halides is 1. The maximum atomic E-state index is 12.5. The van der Waals surface area contributed by atoms with E-state index < -0.39 is 4.87 Å². The van der Waals surface area contributed by atoms with Crippen molar-refractivity contribution in [1.82, 2.24) is 0 Å². The van der Waals surface area contributed by atoms with E-state index in [4.69, 9.17) is 11.6 Å². The van der Waals surface area contributed by atoms with Gasteiger partial charge in [0.15, 0.2) is 0 Å². The highest BCUT2D eigenvalue weighted by molar-refractivity contribution is 8.00. The summed E-state index contributed by atoms with van der Waals surface area (Å²) in [5, 5.41) is 2.54.